The molecule has 1 aliphatic heterocycles. The number of hydrogen-bond acceptors (Lipinski definition) is 7. The summed E-state index contributed by atoms with van der Waals surface area (Å²) in [5.41, 5.74) is 0.278. The molecule has 0 spiro atoms. The lowest BCUT2D eigenvalue weighted by atomic mass is 9.95. The maximum Gasteiger partial charge on any atom is 0.276 e. The van der Waals surface area contributed by atoms with E-state index in [4.69, 9.17) is 4.74 Å². The molecule has 2 fully saturated rings. The van der Waals surface area contributed by atoms with Crippen molar-refractivity contribution in [3.05, 3.63) is 33.5 Å². The van der Waals surface area contributed by atoms with Gasteiger partial charge in [0.25, 0.3) is 5.91 Å². The largest absolute Gasteiger partial charge is 0.376 e. The summed E-state index contributed by atoms with van der Waals surface area (Å²) in [6.07, 6.45) is 7.30. The molecule has 2 atom stereocenters. The van der Waals surface area contributed by atoms with Crippen molar-refractivity contribution in [2.45, 2.75) is 63.1 Å². The normalized spacial score (nSPS) is 21.0. The minimum Gasteiger partial charge on any atom is -0.376 e. The Morgan fingerprint density at radius 3 is 2.76 bits per heavy atom. The van der Waals surface area contributed by atoms with Crippen LogP contribution in [0.4, 0.5) is 0 Å². The van der Waals surface area contributed by atoms with Gasteiger partial charge in [-0.25, -0.2) is 0 Å². The van der Waals surface area contributed by atoms with Crippen molar-refractivity contribution in [2.24, 2.45) is 0 Å². The van der Waals surface area contributed by atoms with Crippen LogP contribution in [-0.2, 0) is 9.53 Å². The van der Waals surface area contributed by atoms with E-state index in [1.54, 1.807) is 10.3 Å². The number of hydrogen-bond donors (Lipinski definition) is 1. The monoisotopic (exact) mass is 434 g/mol. The number of nitrogens with zero attached hydrogens (tertiary/aromatic N) is 3. The summed E-state index contributed by atoms with van der Waals surface area (Å²) in [7, 11) is 0. The van der Waals surface area contributed by atoms with Gasteiger partial charge in [0.05, 0.1) is 6.10 Å². The maximum atomic E-state index is 13.4. The van der Waals surface area contributed by atoms with Crippen molar-refractivity contribution in [3.63, 3.8) is 0 Å². The van der Waals surface area contributed by atoms with Gasteiger partial charge in [0.1, 0.15) is 6.04 Å². The smallest absolute Gasteiger partial charge is 0.276 e. The zero-order chi connectivity index (χ0) is 20.1. The molecule has 0 radical (unpaired) electrons. The molecule has 2 amide bonds. The number of carbonyl (C=O) groups is 2. The molecular formula is C20H26N4O3S2. The lowest BCUT2D eigenvalue weighted by Crippen LogP contribution is -2.49. The number of aromatic nitrogens is 2. The molecule has 1 aliphatic carbocycles. The number of carbonyl (C=O) groups excluding carboxylic acids is 2. The molecule has 1 N–H and O–H groups in total. The van der Waals surface area contributed by atoms with Crippen LogP contribution in [0.3, 0.4) is 0 Å². The van der Waals surface area contributed by atoms with Crippen LogP contribution in [0.5, 0.6) is 0 Å². The third-order valence-corrected chi connectivity index (χ3v) is 7.02. The van der Waals surface area contributed by atoms with Crippen molar-refractivity contribution in [2.75, 3.05) is 13.2 Å². The first kappa shape index (κ1) is 20.4. The van der Waals surface area contributed by atoms with E-state index < -0.39 is 6.04 Å². The van der Waals surface area contributed by atoms with Crippen molar-refractivity contribution in [1.82, 2.24) is 19.8 Å². The van der Waals surface area contributed by atoms with Gasteiger partial charge >= 0.3 is 0 Å². The van der Waals surface area contributed by atoms with Crippen molar-refractivity contribution >= 4 is 34.7 Å². The van der Waals surface area contributed by atoms with Gasteiger partial charge in [0, 0.05) is 29.5 Å². The highest BCUT2D eigenvalue weighted by molar-refractivity contribution is 7.10. The van der Waals surface area contributed by atoms with E-state index in [-0.39, 0.29) is 29.7 Å². The standard InChI is InChI=1S/C20H26N4O3S2/c25-19(21-14-6-2-1-3-7-14)18(17-9-5-11-28-17)24(12-15-8-4-10-27-15)20(26)16-13-29-23-22-16/h5,9,11,13-15,18H,1-4,6-8,10,12H2,(H,21,25)/t15-,18+/m1/s1. The first-order valence-electron chi connectivity index (χ1n) is 10.3. The quantitative estimate of drug-likeness (QED) is 0.722. The molecule has 156 valence electrons. The van der Waals surface area contributed by atoms with Gasteiger partial charge < -0.3 is 15.0 Å². The average molecular weight is 435 g/mol. The Bertz CT molecular complexity index is 785. The number of nitrogens with one attached hydrogen (secondary N) is 1. The van der Waals surface area contributed by atoms with E-state index in [9.17, 15) is 9.59 Å². The van der Waals surface area contributed by atoms with Crippen molar-refractivity contribution in [3.8, 4) is 0 Å². The predicted octanol–water partition coefficient (Wildman–Crippen LogP) is 3.41. The van der Waals surface area contributed by atoms with Gasteiger partial charge in [-0.1, -0.05) is 29.8 Å². The molecular weight excluding hydrogens is 408 g/mol. The van der Waals surface area contributed by atoms with E-state index in [0.29, 0.717) is 13.2 Å². The van der Waals surface area contributed by atoms with Crippen LogP contribution in [-0.4, -0.2) is 51.6 Å². The summed E-state index contributed by atoms with van der Waals surface area (Å²) in [6.45, 7) is 1.07. The number of thiophene rings is 1. The fraction of sp³-hybridized carbons (Fsp3) is 0.600. The second-order valence-corrected chi connectivity index (χ2v) is 9.23. The third kappa shape index (κ3) is 5.02. The lowest BCUT2D eigenvalue weighted by Gasteiger charge is -2.33. The van der Waals surface area contributed by atoms with Gasteiger partial charge in [-0.3, -0.25) is 9.59 Å². The highest BCUT2D eigenvalue weighted by Gasteiger charge is 2.37. The molecule has 29 heavy (non-hydrogen) atoms. The van der Waals surface area contributed by atoms with E-state index in [2.05, 4.69) is 14.9 Å². The molecule has 7 nitrogen and oxygen atoms in total. The van der Waals surface area contributed by atoms with E-state index in [1.807, 2.05) is 17.5 Å². The van der Waals surface area contributed by atoms with Crippen LogP contribution >= 0.6 is 22.9 Å². The summed E-state index contributed by atoms with van der Waals surface area (Å²) < 4.78 is 9.63. The first-order chi connectivity index (χ1) is 14.2. The van der Waals surface area contributed by atoms with Crippen LogP contribution in [0.2, 0.25) is 0 Å². The van der Waals surface area contributed by atoms with Crippen LogP contribution in [0.15, 0.2) is 22.9 Å². The number of ether oxygens (including phenoxy) is 1. The predicted molar refractivity (Wildman–Crippen MR) is 112 cm³/mol. The summed E-state index contributed by atoms with van der Waals surface area (Å²) in [4.78, 5) is 29.2. The Kier molecular flexibility index (Phi) is 6.89. The van der Waals surface area contributed by atoms with Crippen LogP contribution < -0.4 is 5.32 Å². The molecule has 2 aromatic rings. The summed E-state index contributed by atoms with van der Waals surface area (Å²) in [6, 6.07) is 3.33. The molecule has 4 rings (SSSR count). The Labute approximate surface area is 178 Å². The second-order valence-electron chi connectivity index (χ2n) is 7.64. The molecule has 1 saturated heterocycles. The van der Waals surface area contributed by atoms with E-state index in [0.717, 1.165) is 54.9 Å². The van der Waals surface area contributed by atoms with Gasteiger partial charge in [-0.05, 0) is 48.7 Å². The van der Waals surface area contributed by atoms with E-state index in [1.165, 1.54) is 17.8 Å². The summed E-state index contributed by atoms with van der Waals surface area (Å²) in [5, 5.41) is 10.7. The summed E-state index contributed by atoms with van der Waals surface area (Å²) in [5.74, 6) is -0.389. The molecule has 0 unspecified atom stereocenters. The second kappa shape index (κ2) is 9.77. The molecule has 1 saturated carbocycles. The minimum absolute atomic E-state index is 0.0597. The SMILES string of the molecule is O=C(NC1CCCCC1)[C@H](c1cccs1)N(C[C@H]1CCCO1)C(=O)c1csnn1. The Morgan fingerprint density at radius 1 is 1.24 bits per heavy atom. The third-order valence-electron chi connectivity index (χ3n) is 5.59. The van der Waals surface area contributed by atoms with Crippen LogP contribution in [0.1, 0.15) is 66.4 Å². The molecule has 2 aliphatic rings. The average Bonchev–Trinajstić information content (AvgIpc) is 3.51. The van der Waals surface area contributed by atoms with E-state index >= 15 is 0 Å². The summed E-state index contributed by atoms with van der Waals surface area (Å²) >= 11 is 2.63. The van der Waals surface area contributed by atoms with Crippen molar-refractivity contribution in [1.29, 1.82) is 0 Å². The maximum absolute atomic E-state index is 13.4. The fourth-order valence-corrected chi connectivity index (χ4v) is 5.38. The highest BCUT2D eigenvalue weighted by atomic mass is 32.1. The topological polar surface area (TPSA) is 84.4 Å². The van der Waals surface area contributed by atoms with Crippen molar-refractivity contribution < 1.29 is 14.3 Å². The molecule has 2 aromatic heterocycles. The minimum atomic E-state index is -0.685. The van der Waals surface area contributed by atoms with Gasteiger partial charge in [-0.2, -0.15) is 0 Å². The zero-order valence-corrected chi connectivity index (χ0v) is 17.9. The highest BCUT2D eigenvalue weighted by Crippen LogP contribution is 2.30. The molecule has 3 heterocycles. The zero-order valence-electron chi connectivity index (χ0n) is 16.3. The van der Waals surface area contributed by atoms with Crippen LogP contribution in [0, 0.1) is 0 Å². The number of rotatable bonds is 7. The van der Waals surface area contributed by atoms with Gasteiger partial charge in [-0.15, -0.1) is 16.4 Å². The number of amides is 2. The molecule has 0 aromatic carbocycles. The molecule has 0 bridgehead atoms. The van der Waals surface area contributed by atoms with Gasteiger partial charge in [0.2, 0.25) is 5.91 Å². The Balaban J connectivity index is 1.61. The van der Waals surface area contributed by atoms with Crippen LogP contribution in [0.25, 0.3) is 0 Å². The lowest BCUT2D eigenvalue weighted by molar-refractivity contribution is -0.127. The first-order valence-corrected chi connectivity index (χ1v) is 12.0. The fourth-order valence-electron chi connectivity index (χ4n) is 4.12. The molecule has 9 heteroatoms. The van der Waals surface area contributed by atoms with Gasteiger partial charge in [0.15, 0.2) is 5.69 Å². The Hall–Kier alpha value is -1.84. The Morgan fingerprint density at radius 2 is 2.10 bits per heavy atom.